The van der Waals surface area contributed by atoms with Crippen LogP contribution in [0.5, 0.6) is 0 Å². The third-order valence-corrected chi connectivity index (χ3v) is 7.05. The fourth-order valence-electron chi connectivity index (χ4n) is 2.68. The van der Waals surface area contributed by atoms with E-state index in [4.69, 9.17) is 0 Å². The minimum Gasteiger partial charge on any atom is -1.00 e. The van der Waals surface area contributed by atoms with Gasteiger partial charge in [-0.1, -0.05) is 0 Å². The van der Waals surface area contributed by atoms with Crippen LogP contribution >= 0.6 is 0 Å². The molecule has 0 aliphatic heterocycles. The van der Waals surface area contributed by atoms with Gasteiger partial charge in [0.2, 0.25) is 0 Å². The van der Waals surface area contributed by atoms with Crippen LogP contribution in [0.15, 0.2) is 53.8 Å². The second-order valence-corrected chi connectivity index (χ2v) is 7.62. The van der Waals surface area contributed by atoms with Crippen LogP contribution in [0.3, 0.4) is 0 Å². The van der Waals surface area contributed by atoms with Gasteiger partial charge in [-0.05, 0) is 0 Å². The summed E-state index contributed by atoms with van der Waals surface area (Å²) in [6, 6.07) is 0. The van der Waals surface area contributed by atoms with Crippen molar-refractivity contribution in [1.82, 2.24) is 0 Å². The Kier molecular flexibility index (Phi) is 7.85. The zero-order valence-corrected chi connectivity index (χ0v) is 16.1. The van der Waals surface area contributed by atoms with Crippen LogP contribution in [0.4, 0.5) is 0 Å². The van der Waals surface area contributed by atoms with Gasteiger partial charge in [0.15, 0.2) is 0 Å². The summed E-state index contributed by atoms with van der Waals surface area (Å²) in [5.41, 5.74) is 7.62. The van der Waals surface area contributed by atoms with Crippen molar-refractivity contribution in [3.8, 4) is 0 Å². The van der Waals surface area contributed by atoms with E-state index in [1.807, 2.05) is 0 Å². The number of allylic oxidation sites excluding steroid dienone is 10. The first-order valence-corrected chi connectivity index (χ1v) is 8.21. The van der Waals surface area contributed by atoms with Gasteiger partial charge < -0.3 is 24.8 Å². The molecule has 1 atom stereocenters. The maximum Gasteiger partial charge on any atom is -1.00 e. The quantitative estimate of drug-likeness (QED) is 0.571. The van der Waals surface area contributed by atoms with E-state index < -0.39 is 0 Å². The first-order valence-electron chi connectivity index (χ1n) is 6.65. The molecule has 0 fully saturated rings. The molecule has 0 aromatic heterocycles. The third-order valence-electron chi connectivity index (χ3n) is 4.26. The topological polar surface area (TPSA) is 0 Å². The molecule has 0 nitrogen and oxygen atoms in total. The van der Waals surface area contributed by atoms with Crippen molar-refractivity contribution in [3.05, 3.63) is 53.8 Å². The SMILES string of the molecule is CC(C)=C1C=CC=[C]1[Ti+2][C]1=C(C)C(C)=C(C)C1C.[Cl-].[Cl-]. The van der Waals surface area contributed by atoms with Gasteiger partial charge in [-0.2, -0.15) is 0 Å². The van der Waals surface area contributed by atoms with Crippen LogP contribution < -0.4 is 24.8 Å². The predicted molar refractivity (Wildman–Crippen MR) is 75.8 cm³/mol. The summed E-state index contributed by atoms with van der Waals surface area (Å²) < 4.78 is 3.34. The molecule has 1 unspecified atom stereocenters. The minimum absolute atomic E-state index is 0. The molecule has 20 heavy (non-hydrogen) atoms. The Hall–Kier alpha value is -0.00571. The first-order chi connectivity index (χ1) is 8.43. The molecule has 0 saturated carbocycles. The molecule has 0 aromatic rings. The second-order valence-electron chi connectivity index (χ2n) is 5.55. The molecule has 2 aliphatic rings. The molecular formula is C17H22Cl2Ti. The van der Waals surface area contributed by atoms with Crippen molar-refractivity contribution < 1.29 is 44.0 Å². The number of hydrogen-bond donors (Lipinski definition) is 0. The Labute approximate surface area is 144 Å². The van der Waals surface area contributed by atoms with Gasteiger partial charge in [-0.15, -0.1) is 0 Å². The molecule has 0 saturated heterocycles. The molecule has 0 N–H and O–H groups in total. The van der Waals surface area contributed by atoms with Gasteiger partial charge >= 0.3 is 120 Å². The standard InChI is InChI=1S/C9H13.C8H9.2ClH.Ti/c1-6-5-7(2)9(4)8(6)3;1-7(2)8-5-3-4-6-8;;;/h6H,1-4H3;3-5H,1-2H3;2*1H;/q;;;;+2/p-2. The van der Waals surface area contributed by atoms with Gasteiger partial charge in [0.1, 0.15) is 0 Å². The van der Waals surface area contributed by atoms with Crippen LogP contribution in [-0.4, -0.2) is 0 Å². The van der Waals surface area contributed by atoms with E-state index in [2.05, 4.69) is 59.8 Å². The van der Waals surface area contributed by atoms with Gasteiger partial charge in [0.05, 0.1) is 0 Å². The van der Waals surface area contributed by atoms with Crippen molar-refractivity contribution in [1.29, 1.82) is 0 Å². The smallest absolute Gasteiger partial charge is 1.00 e. The van der Waals surface area contributed by atoms with Crippen molar-refractivity contribution in [3.63, 3.8) is 0 Å². The van der Waals surface area contributed by atoms with E-state index in [-0.39, 0.29) is 44.0 Å². The maximum atomic E-state index is 2.37. The second kappa shape index (κ2) is 7.85. The molecule has 0 aromatic carbocycles. The Morgan fingerprint density at radius 1 is 1.05 bits per heavy atom. The summed E-state index contributed by atoms with van der Waals surface area (Å²) in [7, 11) is 0. The summed E-state index contributed by atoms with van der Waals surface area (Å²) >= 11 is -0.165. The van der Waals surface area contributed by atoms with Crippen LogP contribution in [0, 0.1) is 5.92 Å². The Morgan fingerprint density at radius 2 is 1.65 bits per heavy atom. The summed E-state index contributed by atoms with van der Waals surface area (Å²) in [6.45, 7) is 13.7. The summed E-state index contributed by atoms with van der Waals surface area (Å²) in [5.74, 6) is 0.671. The molecular weight excluding hydrogens is 323 g/mol. The van der Waals surface area contributed by atoms with E-state index in [0.29, 0.717) is 5.92 Å². The van der Waals surface area contributed by atoms with Gasteiger partial charge in [0, 0.05) is 0 Å². The van der Waals surface area contributed by atoms with E-state index in [1.165, 1.54) is 16.7 Å². The Bertz CT molecular complexity index is 541. The molecule has 2 rings (SSSR count). The first kappa shape index (κ1) is 20.0. The fourth-order valence-corrected chi connectivity index (χ4v) is 5.40. The minimum atomic E-state index is -0.165. The Morgan fingerprint density at radius 3 is 2.10 bits per heavy atom. The van der Waals surface area contributed by atoms with Gasteiger partial charge in [-0.25, -0.2) is 0 Å². The number of hydrogen-bond acceptors (Lipinski definition) is 0. The molecule has 3 heteroatoms. The van der Waals surface area contributed by atoms with E-state index >= 15 is 0 Å². The molecule has 0 heterocycles. The average molecular weight is 345 g/mol. The van der Waals surface area contributed by atoms with Crippen LogP contribution in [0.2, 0.25) is 0 Å². The third kappa shape index (κ3) is 3.60. The van der Waals surface area contributed by atoms with Crippen LogP contribution in [0.1, 0.15) is 41.5 Å². The predicted octanol–water partition coefficient (Wildman–Crippen LogP) is -0.873. The van der Waals surface area contributed by atoms with Crippen molar-refractivity contribution >= 4 is 0 Å². The van der Waals surface area contributed by atoms with Gasteiger partial charge in [0.25, 0.3) is 0 Å². The number of rotatable bonds is 2. The molecule has 108 valence electrons. The monoisotopic (exact) mass is 344 g/mol. The van der Waals surface area contributed by atoms with Crippen LogP contribution in [-0.2, 0) is 19.2 Å². The van der Waals surface area contributed by atoms with E-state index in [0.717, 1.165) is 0 Å². The molecule has 0 bridgehead atoms. The molecule has 2 aliphatic carbocycles. The maximum absolute atomic E-state index is 2.37. The Balaban J connectivity index is 0.00000180. The summed E-state index contributed by atoms with van der Waals surface area (Å²) in [4.78, 5) is 0. The number of halogens is 2. The zero-order valence-electron chi connectivity index (χ0n) is 13.1. The normalized spacial score (nSPS) is 20.6. The van der Waals surface area contributed by atoms with Crippen molar-refractivity contribution in [2.45, 2.75) is 41.5 Å². The van der Waals surface area contributed by atoms with Crippen molar-refractivity contribution in [2.75, 3.05) is 0 Å². The average Bonchev–Trinajstić information content (AvgIpc) is 2.86. The molecule has 0 amide bonds. The summed E-state index contributed by atoms with van der Waals surface area (Å²) in [5, 5.41) is 0. The van der Waals surface area contributed by atoms with Gasteiger partial charge in [-0.3, -0.25) is 0 Å². The summed E-state index contributed by atoms with van der Waals surface area (Å²) in [6.07, 6.45) is 6.82. The van der Waals surface area contributed by atoms with E-state index in [1.54, 1.807) is 18.9 Å². The van der Waals surface area contributed by atoms with Crippen molar-refractivity contribution in [2.24, 2.45) is 5.92 Å². The largest absolute Gasteiger partial charge is 1.00 e. The van der Waals surface area contributed by atoms with E-state index in [9.17, 15) is 0 Å². The zero-order chi connectivity index (χ0) is 13.4. The molecule has 0 spiro atoms. The molecule has 0 radical (unpaired) electrons. The van der Waals surface area contributed by atoms with Crippen LogP contribution in [0.25, 0.3) is 0 Å². The fraction of sp³-hybridized carbons (Fsp3) is 0.412.